The first-order chi connectivity index (χ1) is 15.1. The highest BCUT2D eigenvalue weighted by molar-refractivity contribution is 5.37. The van der Waals surface area contributed by atoms with Crippen LogP contribution in [0.5, 0.6) is 5.75 Å². The third-order valence-corrected chi connectivity index (χ3v) is 8.22. The fourth-order valence-electron chi connectivity index (χ4n) is 7.13. The molecule has 0 aliphatic heterocycles. The van der Waals surface area contributed by atoms with Crippen LogP contribution in [-0.2, 0) is 5.41 Å². The predicted molar refractivity (Wildman–Crippen MR) is 120 cm³/mol. The van der Waals surface area contributed by atoms with Gasteiger partial charge in [-0.2, -0.15) is 4.39 Å². The van der Waals surface area contributed by atoms with Crippen molar-refractivity contribution in [2.24, 2.45) is 17.8 Å². The van der Waals surface area contributed by atoms with Crippen molar-refractivity contribution >= 4 is 0 Å². The first kappa shape index (κ1) is 23.0. The number of hydrogen-bond donors (Lipinski definition) is 1. The second kappa shape index (κ2) is 10.6. The van der Waals surface area contributed by atoms with Gasteiger partial charge in [-0.05, 0) is 86.2 Å². The smallest absolute Gasteiger partial charge is 0.200 e. The lowest BCUT2D eigenvalue weighted by Crippen LogP contribution is -2.49. The minimum Gasteiger partial charge on any atom is -0.490 e. The molecule has 1 N–H and O–H groups in total. The Bertz CT molecular complexity index is 682. The summed E-state index contributed by atoms with van der Waals surface area (Å²) in [6.45, 7) is 0.749. The molecule has 0 heterocycles. The van der Waals surface area contributed by atoms with Gasteiger partial charge < -0.3 is 9.84 Å². The van der Waals surface area contributed by atoms with Crippen molar-refractivity contribution in [3.05, 3.63) is 29.3 Å². The van der Waals surface area contributed by atoms with E-state index < -0.39 is 11.6 Å². The zero-order chi connectivity index (χ0) is 21.7. The average molecular weight is 435 g/mol. The Kier molecular flexibility index (Phi) is 7.90. The van der Waals surface area contributed by atoms with Gasteiger partial charge in [-0.1, -0.05) is 51.0 Å². The molecule has 0 aromatic heterocycles. The molecule has 4 aliphatic carbocycles. The fourth-order valence-corrected chi connectivity index (χ4v) is 7.13. The van der Waals surface area contributed by atoms with Crippen LogP contribution in [0, 0.1) is 29.4 Å². The monoisotopic (exact) mass is 434 g/mol. The van der Waals surface area contributed by atoms with Gasteiger partial charge in [0, 0.05) is 6.61 Å². The van der Waals surface area contributed by atoms with Gasteiger partial charge in [-0.25, -0.2) is 4.39 Å². The van der Waals surface area contributed by atoms with Crippen LogP contribution in [0.4, 0.5) is 8.78 Å². The van der Waals surface area contributed by atoms with Crippen LogP contribution in [0.3, 0.4) is 0 Å². The zero-order valence-corrected chi connectivity index (χ0v) is 19.0. The van der Waals surface area contributed by atoms with Gasteiger partial charge in [0.2, 0.25) is 5.82 Å². The predicted octanol–water partition coefficient (Wildman–Crippen LogP) is 7.31. The molecular formula is C27H40F2O2. The van der Waals surface area contributed by atoms with Gasteiger partial charge in [0.05, 0.1) is 6.61 Å². The number of ether oxygens (including phenoxy) is 1. The Hall–Kier alpha value is -1.16. The largest absolute Gasteiger partial charge is 0.490 e. The lowest BCUT2D eigenvalue weighted by molar-refractivity contribution is -0.00708. The quantitative estimate of drug-likeness (QED) is 0.330. The molecule has 0 atom stereocenters. The first-order valence-electron chi connectivity index (χ1n) is 12.8. The summed E-state index contributed by atoms with van der Waals surface area (Å²) in [5.41, 5.74) is 0.492. The van der Waals surface area contributed by atoms with Gasteiger partial charge >= 0.3 is 0 Å². The molecule has 1 aromatic carbocycles. The van der Waals surface area contributed by atoms with E-state index in [2.05, 4.69) is 0 Å². The summed E-state index contributed by atoms with van der Waals surface area (Å²) in [5.74, 6) is 0.784. The molecule has 0 amide bonds. The molecule has 0 unspecified atom stereocenters. The fraction of sp³-hybridized carbons (Fsp3) is 0.778. The van der Waals surface area contributed by atoms with E-state index >= 15 is 4.39 Å². The van der Waals surface area contributed by atoms with Crippen LogP contribution in [0.1, 0.15) is 102 Å². The Morgan fingerprint density at radius 3 is 1.81 bits per heavy atom. The van der Waals surface area contributed by atoms with Crippen molar-refractivity contribution in [2.75, 3.05) is 13.2 Å². The molecule has 5 rings (SSSR count). The Morgan fingerprint density at radius 2 is 1.26 bits per heavy atom. The number of benzene rings is 1. The molecule has 31 heavy (non-hydrogen) atoms. The Balaban J connectivity index is 1.21. The first-order valence-corrected chi connectivity index (χ1v) is 12.8. The van der Waals surface area contributed by atoms with Gasteiger partial charge in [0.1, 0.15) is 0 Å². The molecule has 0 spiro atoms. The number of halogens is 2. The number of rotatable bonds is 13. The van der Waals surface area contributed by atoms with Crippen LogP contribution in [-0.4, -0.2) is 18.3 Å². The second-order valence-electron chi connectivity index (χ2n) is 10.7. The van der Waals surface area contributed by atoms with Crippen LogP contribution in [0.2, 0.25) is 0 Å². The van der Waals surface area contributed by atoms with Gasteiger partial charge in [-0.3, -0.25) is 0 Å². The molecular weight excluding hydrogens is 394 g/mol. The van der Waals surface area contributed by atoms with E-state index in [1.807, 2.05) is 6.07 Å². The number of aliphatic hydroxyl groups is 1. The average Bonchev–Trinajstić information content (AvgIpc) is 2.74. The summed E-state index contributed by atoms with van der Waals surface area (Å²) in [5, 5.41) is 8.77. The lowest BCUT2D eigenvalue weighted by Gasteiger charge is -2.57. The highest BCUT2D eigenvalue weighted by Gasteiger charge is 2.52. The third kappa shape index (κ3) is 5.43. The van der Waals surface area contributed by atoms with E-state index in [1.54, 1.807) is 6.07 Å². The number of aliphatic hydroxyl groups excluding tert-OH is 1. The third-order valence-electron chi connectivity index (χ3n) is 8.22. The van der Waals surface area contributed by atoms with Crippen LogP contribution in [0.25, 0.3) is 0 Å². The van der Waals surface area contributed by atoms with Crippen LogP contribution in [0.15, 0.2) is 12.1 Å². The topological polar surface area (TPSA) is 29.5 Å². The molecule has 4 saturated carbocycles. The summed E-state index contributed by atoms with van der Waals surface area (Å²) < 4.78 is 35.6. The standard InChI is InChI=1S/C27H40F2O2/c28-25-23(27-17-20-14-21(18-27)16-22(15-20)19-27)10-11-24(26(25)29)31-13-9-7-5-3-1-2-4-6-8-12-30/h10-11,20-22,30H,1-9,12-19H2/t20-,21-,22?,27-/m1/s1. The summed E-state index contributed by atoms with van der Waals surface area (Å²) in [4.78, 5) is 0. The van der Waals surface area contributed by atoms with E-state index in [9.17, 15) is 4.39 Å². The van der Waals surface area contributed by atoms with E-state index in [-0.39, 0.29) is 11.2 Å². The summed E-state index contributed by atoms with van der Waals surface area (Å²) >= 11 is 0. The van der Waals surface area contributed by atoms with E-state index in [4.69, 9.17) is 9.84 Å². The molecule has 4 fully saturated rings. The molecule has 2 nitrogen and oxygen atoms in total. The molecule has 4 aliphatic rings. The van der Waals surface area contributed by atoms with E-state index in [0.29, 0.717) is 36.5 Å². The maximum atomic E-state index is 15.1. The minimum absolute atomic E-state index is 0.0786. The molecule has 0 radical (unpaired) electrons. The van der Waals surface area contributed by atoms with Crippen molar-refractivity contribution < 1.29 is 18.6 Å². The van der Waals surface area contributed by atoms with Crippen molar-refractivity contribution in [3.8, 4) is 5.75 Å². The summed E-state index contributed by atoms with van der Waals surface area (Å²) in [6.07, 6.45) is 17.0. The molecule has 1 aromatic rings. The summed E-state index contributed by atoms with van der Waals surface area (Å²) in [6, 6.07) is 3.51. The normalized spacial score (nSPS) is 28.9. The highest BCUT2D eigenvalue weighted by atomic mass is 19.2. The van der Waals surface area contributed by atoms with Gasteiger partial charge in [-0.15, -0.1) is 0 Å². The van der Waals surface area contributed by atoms with Crippen molar-refractivity contribution in [1.82, 2.24) is 0 Å². The highest BCUT2D eigenvalue weighted by Crippen LogP contribution is 2.61. The number of hydrogen-bond acceptors (Lipinski definition) is 2. The van der Waals surface area contributed by atoms with Gasteiger partial charge in [0.15, 0.2) is 11.6 Å². The van der Waals surface area contributed by atoms with Gasteiger partial charge in [0.25, 0.3) is 0 Å². The molecule has 0 saturated heterocycles. The Labute approximate surface area is 186 Å². The van der Waals surface area contributed by atoms with Crippen molar-refractivity contribution in [2.45, 2.75) is 102 Å². The maximum Gasteiger partial charge on any atom is 0.200 e. The van der Waals surface area contributed by atoms with Crippen molar-refractivity contribution in [1.29, 1.82) is 0 Å². The minimum atomic E-state index is -0.781. The van der Waals surface area contributed by atoms with Crippen molar-refractivity contribution in [3.63, 3.8) is 0 Å². The summed E-state index contributed by atoms with van der Waals surface area (Å²) in [7, 11) is 0. The number of unbranched alkanes of at least 4 members (excludes halogenated alkanes) is 8. The lowest BCUT2D eigenvalue weighted by atomic mass is 9.48. The van der Waals surface area contributed by atoms with E-state index in [1.165, 1.54) is 44.9 Å². The Morgan fingerprint density at radius 1 is 0.742 bits per heavy atom. The van der Waals surface area contributed by atoms with Crippen LogP contribution < -0.4 is 4.74 Å². The molecule has 4 heteroatoms. The molecule has 174 valence electrons. The van der Waals surface area contributed by atoms with Crippen LogP contribution >= 0.6 is 0 Å². The SMILES string of the molecule is OCCCCCCCCCCCOc1ccc([C@]23CC4C[C@@H](C[C@H](C4)C2)C3)c(F)c1F. The second-order valence-corrected chi connectivity index (χ2v) is 10.7. The van der Waals surface area contributed by atoms with E-state index in [0.717, 1.165) is 51.4 Å². The molecule has 4 bridgehead atoms. The zero-order valence-electron chi connectivity index (χ0n) is 19.0. The maximum absolute atomic E-state index is 15.1.